The fraction of sp³-hybridized carbons (Fsp3) is 0.300. The maximum absolute atomic E-state index is 11.4. The van der Waals surface area contributed by atoms with Crippen molar-refractivity contribution in [3.8, 4) is 0 Å². The molecule has 1 rings (SSSR count). The van der Waals surface area contributed by atoms with Crippen LogP contribution in [0.5, 0.6) is 0 Å². The van der Waals surface area contributed by atoms with Gasteiger partial charge >= 0.3 is 5.97 Å². The van der Waals surface area contributed by atoms with Crippen molar-refractivity contribution in [2.75, 3.05) is 14.2 Å². The number of nitrogens with one attached hydrogen (secondary N) is 1. The van der Waals surface area contributed by atoms with Gasteiger partial charge in [0.25, 0.3) is 0 Å². The third kappa shape index (κ3) is 2.25. The molecule has 0 radical (unpaired) electrons. The van der Waals surface area contributed by atoms with Gasteiger partial charge in [-0.25, -0.2) is 4.79 Å². The highest BCUT2D eigenvalue weighted by molar-refractivity contribution is 6.31. The second kappa shape index (κ2) is 4.98. The van der Waals surface area contributed by atoms with Crippen LogP contribution in [-0.4, -0.2) is 20.1 Å². The number of carbonyl (C=O) groups excluding carboxylic acids is 1. The van der Waals surface area contributed by atoms with Crippen LogP contribution in [0.3, 0.4) is 0 Å². The quantitative estimate of drug-likeness (QED) is 0.778. The van der Waals surface area contributed by atoms with E-state index in [0.29, 0.717) is 5.02 Å². The fourth-order valence-electron chi connectivity index (χ4n) is 1.23. The van der Waals surface area contributed by atoms with Crippen molar-refractivity contribution in [1.29, 1.82) is 0 Å². The van der Waals surface area contributed by atoms with Crippen molar-refractivity contribution < 1.29 is 9.53 Å². The van der Waals surface area contributed by atoms with E-state index in [2.05, 4.69) is 10.1 Å². The molecule has 0 saturated heterocycles. The number of benzene rings is 1. The number of ether oxygens (including phenoxy) is 1. The van der Waals surface area contributed by atoms with Crippen LogP contribution in [0.1, 0.15) is 11.6 Å². The van der Waals surface area contributed by atoms with Gasteiger partial charge in [-0.15, -0.1) is 0 Å². The monoisotopic (exact) mass is 213 g/mol. The minimum Gasteiger partial charge on any atom is -0.468 e. The number of esters is 1. The number of hydrogen-bond acceptors (Lipinski definition) is 3. The van der Waals surface area contributed by atoms with E-state index < -0.39 is 6.04 Å². The third-order valence-corrected chi connectivity index (χ3v) is 2.29. The zero-order chi connectivity index (χ0) is 10.6. The molecule has 0 aliphatic rings. The van der Waals surface area contributed by atoms with Gasteiger partial charge in [0.15, 0.2) is 0 Å². The second-order valence-corrected chi connectivity index (χ2v) is 3.17. The number of halogens is 1. The number of methoxy groups -OCH3 is 1. The smallest absolute Gasteiger partial charge is 0.327 e. The van der Waals surface area contributed by atoms with Crippen LogP contribution in [0.25, 0.3) is 0 Å². The zero-order valence-electron chi connectivity index (χ0n) is 8.08. The predicted molar refractivity (Wildman–Crippen MR) is 55.3 cm³/mol. The highest BCUT2D eigenvalue weighted by atomic mass is 35.5. The normalized spacial score (nSPS) is 12.2. The minimum atomic E-state index is -0.506. The number of carbonyl (C=O) groups is 1. The molecule has 1 N–H and O–H groups in total. The van der Waals surface area contributed by atoms with E-state index in [1.165, 1.54) is 7.11 Å². The maximum atomic E-state index is 11.4. The summed E-state index contributed by atoms with van der Waals surface area (Å²) in [6, 6.07) is 6.67. The van der Waals surface area contributed by atoms with Gasteiger partial charge in [-0.1, -0.05) is 29.8 Å². The van der Waals surface area contributed by atoms with Crippen LogP contribution < -0.4 is 5.32 Å². The van der Waals surface area contributed by atoms with Gasteiger partial charge in [-0.05, 0) is 18.7 Å². The van der Waals surface area contributed by atoms with Gasteiger partial charge in [0.1, 0.15) is 6.04 Å². The summed E-state index contributed by atoms with van der Waals surface area (Å²) < 4.78 is 4.65. The molecule has 0 bridgehead atoms. The summed E-state index contributed by atoms with van der Waals surface area (Å²) in [5, 5.41) is 3.40. The van der Waals surface area contributed by atoms with Crippen LogP contribution in [0, 0.1) is 0 Å². The van der Waals surface area contributed by atoms with Crippen molar-refractivity contribution in [3.05, 3.63) is 34.9 Å². The van der Waals surface area contributed by atoms with Gasteiger partial charge in [-0.3, -0.25) is 0 Å². The lowest BCUT2D eigenvalue weighted by Gasteiger charge is -2.14. The third-order valence-electron chi connectivity index (χ3n) is 1.94. The number of hydrogen-bond donors (Lipinski definition) is 1. The van der Waals surface area contributed by atoms with E-state index in [9.17, 15) is 4.79 Å². The first kappa shape index (κ1) is 11.0. The van der Waals surface area contributed by atoms with Gasteiger partial charge in [0.05, 0.1) is 7.11 Å². The Morgan fingerprint density at radius 3 is 2.64 bits per heavy atom. The average molecular weight is 214 g/mol. The van der Waals surface area contributed by atoms with Crippen LogP contribution >= 0.6 is 11.6 Å². The lowest BCUT2D eigenvalue weighted by atomic mass is 10.1. The van der Waals surface area contributed by atoms with Crippen molar-refractivity contribution in [1.82, 2.24) is 5.32 Å². The van der Waals surface area contributed by atoms with E-state index in [1.54, 1.807) is 19.2 Å². The van der Waals surface area contributed by atoms with E-state index >= 15 is 0 Å². The molecule has 1 aromatic rings. The Labute approximate surface area is 88.0 Å². The first-order chi connectivity index (χ1) is 6.70. The lowest BCUT2D eigenvalue weighted by molar-refractivity contribution is -0.143. The number of rotatable bonds is 3. The zero-order valence-corrected chi connectivity index (χ0v) is 8.84. The highest BCUT2D eigenvalue weighted by Crippen LogP contribution is 2.22. The molecule has 0 aliphatic carbocycles. The summed E-state index contributed by atoms with van der Waals surface area (Å²) in [4.78, 5) is 11.4. The summed E-state index contributed by atoms with van der Waals surface area (Å²) in [7, 11) is 3.04. The van der Waals surface area contributed by atoms with Crippen LogP contribution in [-0.2, 0) is 9.53 Å². The van der Waals surface area contributed by atoms with E-state index in [0.717, 1.165) is 5.56 Å². The summed E-state index contributed by atoms with van der Waals surface area (Å²) in [6.45, 7) is 0. The molecule has 14 heavy (non-hydrogen) atoms. The standard InChI is InChI=1S/C10H12ClNO2/c1-12-9(10(13)14-2)7-5-3-4-6-8(7)11/h3-6,9,12H,1-2H3/t9-/m1/s1. The molecule has 1 aromatic carbocycles. The first-order valence-corrected chi connectivity index (χ1v) is 4.58. The van der Waals surface area contributed by atoms with Crippen molar-refractivity contribution in [3.63, 3.8) is 0 Å². The van der Waals surface area contributed by atoms with Crippen molar-refractivity contribution in [2.24, 2.45) is 0 Å². The molecule has 0 amide bonds. The van der Waals surface area contributed by atoms with Crippen LogP contribution in [0.15, 0.2) is 24.3 Å². The summed E-state index contributed by atoms with van der Waals surface area (Å²) >= 11 is 5.95. The fourth-order valence-corrected chi connectivity index (χ4v) is 1.47. The largest absolute Gasteiger partial charge is 0.468 e. The van der Waals surface area contributed by atoms with Crippen LogP contribution in [0.2, 0.25) is 5.02 Å². The highest BCUT2D eigenvalue weighted by Gasteiger charge is 2.20. The summed E-state index contributed by atoms with van der Waals surface area (Å²) in [5.74, 6) is -0.347. The van der Waals surface area contributed by atoms with E-state index in [1.807, 2.05) is 12.1 Å². The lowest BCUT2D eigenvalue weighted by Crippen LogP contribution is -2.26. The minimum absolute atomic E-state index is 0.347. The Hall–Kier alpha value is -1.06. The topological polar surface area (TPSA) is 38.3 Å². The van der Waals surface area contributed by atoms with Crippen molar-refractivity contribution in [2.45, 2.75) is 6.04 Å². The molecule has 76 valence electrons. The van der Waals surface area contributed by atoms with E-state index in [4.69, 9.17) is 11.6 Å². The molecule has 0 fully saturated rings. The Morgan fingerprint density at radius 1 is 1.50 bits per heavy atom. The van der Waals surface area contributed by atoms with Gasteiger partial charge in [0.2, 0.25) is 0 Å². The molecule has 0 aromatic heterocycles. The SMILES string of the molecule is CN[C@@H](C(=O)OC)c1ccccc1Cl. The molecular weight excluding hydrogens is 202 g/mol. The molecule has 4 heteroatoms. The molecule has 0 aliphatic heterocycles. The Kier molecular flexibility index (Phi) is 3.92. The summed E-state index contributed by atoms with van der Waals surface area (Å²) in [5.41, 5.74) is 0.725. The molecule has 0 saturated carbocycles. The van der Waals surface area contributed by atoms with Gasteiger partial charge < -0.3 is 10.1 Å². The molecule has 3 nitrogen and oxygen atoms in total. The maximum Gasteiger partial charge on any atom is 0.327 e. The Balaban J connectivity index is 3.01. The molecule has 0 unspecified atom stereocenters. The molecule has 1 atom stereocenters. The van der Waals surface area contributed by atoms with Crippen LogP contribution in [0.4, 0.5) is 0 Å². The van der Waals surface area contributed by atoms with Crippen molar-refractivity contribution >= 4 is 17.6 Å². The Morgan fingerprint density at radius 2 is 2.14 bits per heavy atom. The molecule has 0 spiro atoms. The average Bonchev–Trinajstić information content (AvgIpc) is 2.21. The molecular formula is C10H12ClNO2. The van der Waals surface area contributed by atoms with Gasteiger partial charge in [-0.2, -0.15) is 0 Å². The van der Waals surface area contributed by atoms with E-state index in [-0.39, 0.29) is 5.97 Å². The molecule has 0 heterocycles. The first-order valence-electron chi connectivity index (χ1n) is 4.20. The summed E-state index contributed by atoms with van der Waals surface area (Å²) in [6.07, 6.45) is 0. The number of likely N-dealkylation sites (N-methyl/N-ethyl adjacent to an activating group) is 1. The van der Waals surface area contributed by atoms with Gasteiger partial charge in [0, 0.05) is 5.02 Å². The Bertz CT molecular complexity index is 328. The predicted octanol–water partition coefficient (Wildman–Crippen LogP) is 1.77. The second-order valence-electron chi connectivity index (χ2n) is 2.77.